The molecule has 0 saturated heterocycles. The van der Waals surface area contributed by atoms with Crippen molar-refractivity contribution in [1.82, 2.24) is 4.98 Å². The summed E-state index contributed by atoms with van der Waals surface area (Å²) in [7, 11) is 0. The Bertz CT molecular complexity index is 379. The van der Waals surface area contributed by atoms with Crippen LogP contribution in [0.3, 0.4) is 0 Å². The van der Waals surface area contributed by atoms with E-state index < -0.39 is 5.91 Å². The summed E-state index contributed by atoms with van der Waals surface area (Å²) in [5, 5.41) is -0.353. The molecule has 1 rings (SSSR count). The van der Waals surface area contributed by atoms with Crippen molar-refractivity contribution in [3.63, 3.8) is 0 Å². The van der Waals surface area contributed by atoms with Crippen molar-refractivity contribution in [3.05, 3.63) is 25.9 Å². The third kappa shape index (κ3) is 1.99. The quantitative estimate of drug-likeness (QED) is 0.789. The highest BCUT2D eigenvalue weighted by molar-refractivity contribution is 6.50. The van der Waals surface area contributed by atoms with E-state index in [4.69, 9.17) is 52.1 Å². The van der Waals surface area contributed by atoms with Gasteiger partial charge in [0.25, 0.3) is 5.91 Å². The van der Waals surface area contributed by atoms with Gasteiger partial charge in [-0.1, -0.05) is 46.4 Å². The molecule has 2 N–H and O–H groups in total. The molecule has 3 nitrogen and oxygen atoms in total. The second-order valence-electron chi connectivity index (χ2n) is 2.06. The van der Waals surface area contributed by atoms with Crippen LogP contribution >= 0.6 is 46.4 Å². The van der Waals surface area contributed by atoms with Crippen LogP contribution in [0.15, 0.2) is 0 Å². The number of rotatable bonds is 1. The molecule has 0 spiro atoms. The highest BCUT2D eigenvalue weighted by atomic mass is 35.5. The fraction of sp³-hybridized carbons (Fsp3) is 0. The summed E-state index contributed by atoms with van der Waals surface area (Å²) in [6, 6.07) is 0. The van der Waals surface area contributed by atoms with Crippen LogP contribution in [0.25, 0.3) is 0 Å². The molecule has 1 aromatic rings. The van der Waals surface area contributed by atoms with E-state index in [2.05, 4.69) is 4.98 Å². The largest absolute Gasteiger partial charge is 0.365 e. The number of primary amides is 1. The lowest BCUT2D eigenvalue weighted by Crippen LogP contribution is -2.13. The van der Waals surface area contributed by atoms with Crippen LogP contribution in [0.4, 0.5) is 0 Å². The first kappa shape index (κ1) is 10.9. The molecular formula is C6H2Cl4N2O. The molecule has 0 radical (unpaired) electrons. The smallest absolute Gasteiger partial charge is 0.253 e. The minimum atomic E-state index is -0.805. The van der Waals surface area contributed by atoms with Gasteiger partial charge < -0.3 is 5.73 Å². The third-order valence-electron chi connectivity index (χ3n) is 1.24. The van der Waals surface area contributed by atoms with Crippen LogP contribution in [0, 0.1) is 0 Å². The van der Waals surface area contributed by atoms with Crippen molar-refractivity contribution in [3.8, 4) is 0 Å². The van der Waals surface area contributed by atoms with E-state index in [1.807, 2.05) is 0 Å². The highest BCUT2D eigenvalue weighted by Crippen LogP contribution is 2.34. The predicted octanol–water partition coefficient (Wildman–Crippen LogP) is 2.79. The Morgan fingerprint density at radius 2 is 1.62 bits per heavy atom. The lowest BCUT2D eigenvalue weighted by Gasteiger charge is -2.04. The van der Waals surface area contributed by atoms with Crippen LogP contribution in [0.1, 0.15) is 10.4 Å². The molecule has 0 bridgehead atoms. The molecule has 0 aliphatic carbocycles. The minimum Gasteiger partial charge on any atom is -0.365 e. The van der Waals surface area contributed by atoms with Crippen molar-refractivity contribution in [2.45, 2.75) is 0 Å². The average Bonchev–Trinajstić information content (AvgIpc) is 1.99. The molecular weight excluding hydrogens is 258 g/mol. The predicted molar refractivity (Wildman–Crippen MR) is 52.8 cm³/mol. The van der Waals surface area contributed by atoms with Crippen molar-refractivity contribution >= 4 is 52.3 Å². The maximum atomic E-state index is 10.8. The maximum absolute atomic E-state index is 10.8. The number of nitrogens with zero attached hydrogens (tertiary/aromatic N) is 1. The molecule has 1 aromatic heterocycles. The molecule has 0 atom stereocenters. The molecule has 1 amide bonds. The second kappa shape index (κ2) is 3.88. The minimum absolute atomic E-state index is 0.0402. The molecule has 0 unspecified atom stereocenters. The molecule has 0 aromatic carbocycles. The first-order valence-electron chi connectivity index (χ1n) is 2.95. The summed E-state index contributed by atoms with van der Waals surface area (Å²) in [4.78, 5) is 14.4. The van der Waals surface area contributed by atoms with Crippen molar-refractivity contribution in [2.75, 3.05) is 0 Å². The number of halogens is 4. The van der Waals surface area contributed by atoms with E-state index in [1.54, 1.807) is 0 Å². The molecule has 70 valence electrons. The highest BCUT2D eigenvalue weighted by Gasteiger charge is 2.18. The number of hydrogen-bond donors (Lipinski definition) is 1. The monoisotopic (exact) mass is 258 g/mol. The average molecular weight is 260 g/mol. The van der Waals surface area contributed by atoms with Crippen LogP contribution < -0.4 is 5.73 Å². The fourth-order valence-electron chi connectivity index (χ4n) is 0.692. The van der Waals surface area contributed by atoms with Gasteiger partial charge in [-0.2, -0.15) is 0 Å². The Morgan fingerprint density at radius 3 is 2.08 bits per heavy atom. The Balaban J connectivity index is 3.53. The Kier molecular flexibility index (Phi) is 3.24. The standard InChI is InChI=1S/C6H2Cl4N2O/c7-2-1(6(11)13)4(9)12-5(10)3(2)8/h(H2,11,13). The zero-order valence-electron chi connectivity index (χ0n) is 5.94. The SMILES string of the molecule is NC(=O)c1c(Cl)nc(Cl)c(Cl)c1Cl. The van der Waals surface area contributed by atoms with Gasteiger partial charge in [0, 0.05) is 0 Å². The normalized spacial score (nSPS) is 10.2. The molecule has 0 saturated carbocycles. The van der Waals surface area contributed by atoms with Gasteiger partial charge in [-0.3, -0.25) is 4.79 Å². The zero-order chi connectivity index (χ0) is 10.2. The topological polar surface area (TPSA) is 56.0 Å². The van der Waals surface area contributed by atoms with Crippen LogP contribution in [-0.2, 0) is 0 Å². The van der Waals surface area contributed by atoms with E-state index in [0.717, 1.165) is 0 Å². The van der Waals surface area contributed by atoms with Gasteiger partial charge >= 0.3 is 0 Å². The number of pyridine rings is 1. The summed E-state index contributed by atoms with van der Waals surface area (Å²) in [5.74, 6) is -0.805. The first-order valence-corrected chi connectivity index (χ1v) is 4.46. The van der Waals surface area contributed by atoms with Gasteiger partial charge in [0.15, 0.2) is 5.15 Å². The number of aromatic nitrogens is 1. The number of amides is 1. The Labute approximate surface area is 93.7 Å². The van der Waals surface area contributed by atoms with Gasteiger partial charge in [-0.25, -0.2) is 4.98 Å². The molecule has 0 fully saturated rings. The van der Waals surface area contributed by atoms with Gasteiger partial charge in [0.05, 0.1) is 15.6 Å². The van der Waals surface area contributed by atoms with Crippen molar-refractivity contribution in [1.29, 1.82) is 0 Å². The fourth-order valence-corrected chi connectivity index (χ4v) is 1.69. The lowest BCUT2D eigenvalue weighted by molar-refractivity contribution is 0.100. The van der Waals surface area contributed by atoms with Crippen molar-refractivity contribution < 1.29 is 4.79 Å². The Morgan fingerprint density at radius 1 is 1.08 bits per heavy atom. The van der Waals surface area contributed by atoms with Crippen LogP contribution in [0.2, 0.25) is 20.4 Å². The van der Waals surface area contributed by atoms with Gasteiger partial charge in [-0.15, -0.1) is 0 Å². The molecule has 13 heavy (non-hydrogen) atoms. The summed E-state index contributed by atoms with van der Waals surface area (Å²) >= 11 is 22.4. The van der Waals surface area contributed by atoms with Crippen LogP contribution in [-0.4, -0.2) is 10.9 Å². The van der Waals surface area contributed by atoms with Gasteiger partial charge in [-0.05, 0) is 0 Å². The Hall–Kier alpha value is -0.220. The molecule has 7 heteroatoms. The molecule has 0 aliphatic heterocycles. The van der Waals surface area contributed by atoms with E-state index in [1.165, 1.54) is 0 Å². The van der Waals surface area contributed by atoms with Crippen LogP contribution in [0.5, 0.6) is 0 Å². The first-order chi connectivity index (χ1) is 5.95. The number of carbonyl (C=O) groups is 1. The molecule has 1 heterocycles. The maximum Gasteiger partial charge on any atom is 0.253 e. The number of carbonyl (C=O) groups excluding carboxylic acids is 1. The lowest BCUT2D eigenvalue weighted by atomic mass is 10.3. The zero-order valence-corrected chi connectivity index (χ0v) is 8.97. The number of hydrogen-bond acceptors (Lipinski definition) is 2. The summed E-state index contributed by atoms with van der Waals surface area (Å²) in [5.41, 5.74) is 4.86. The summed E-state index contributed by atoms with van der Waals surface area (Å²) in [6.07, 6.45) is 0. The third-order valence-corrected chi connectivity index (χ3v) is 2.73. The molecule has 0 aliphatic rings. The van der Waals surface area contributed by atoms with E-state index in [9.17, 15) is 4.79 Å². The van der Waals surface area contributed by atoms with Crippen molar-refractivity contribution in [2.24, 2.45) is 5.73 Å². The second-order valence-corrected chi connectivity index (χ2v) is 3.53. The van der Waals surface area contributed by atoms with Gasteiger partial charge in [0.2, 0.25) is 0 Å². The van der Waals surface area contributed by atoms with E-state index >= 15 is 0 Å². The summed E-state index contributed by atoms with van der Waals surface area (Å²) in [6.45, 7) is 0. The summed E-state index contributed by atoms with van der Waals surface area (Å²) < 4.78 is 0. The van der Waals surface area contributed by atoms with Gasteiger partial charge in [0.1, 0.15) is 5.15 Å². The van der Waals surface area contributed by atoms with E-state index in [-0.39, 0.29) is 25.9 Å². The van der Waals surface area contributed by atoms with E-state index in [0.29, 0.717) is 0 Å². The number of nitrogens with two attached hydrogens (primary N) is 1.